The molecule has 0 fully saturated rings. The lowest BCUT2D eigenvalue weighted by Crippen LogP contribution is -2.36. The molecule has 0 spiro atoms. The van der Waals surface area contributed by atoms with Gasteiger partial charge in [0.1, 0.15) is 11.4 Å². The van der Waals surface area contributed by atoms with Crippen LogP contribution in [0.3, 0.4) is 0 Å². The monoisotopic (exact) mass is 423 g/mol. The Morgan fingerprint density at radius 1 is 1.13 bits per heavy atom. The molecule has 160 valence electrons. The van der Waals surface area contributed by atoms with E-state index in [9.17, 15) is 19.5 Å². The van der Waals surface area contributed by atoms with E-state index in [1.54, 1.807) is 61.5 Å². The molecule has 2 N–H and O–H groups in total. The first-order valence-electron chi connectivity index (χ1n) is 9.45. The second-order valence-electron chi connectivity index (χ2n) is 6.37. The highest BCUT2D eigenvalue weighted by molar-refractivity contribution is 5.97. The van der Waals surface area contributed by atoms with E-state index < -0.39 is 34.9 Å². The average molecular weight is 423 g/mol. The molecule has 31 heavy (non-hydrogen) atoms. The van der Waals surface area contributed by atoms with Crippen molar-refractivity contribution in [2.45, 2.75) is 13.0 Å². The maximum absolute atomic E-state index is 12.9. The lowest BCUT2D eigenvalue weighted by atomic mass is 10.1. The highest BCUT2D eigenvalue weighted by Crippen LogP contribution is 2.22. The van der Waals surface area contributed by atoms with Crippen LogP contribution in [-0.4, -0.2) is 40.5 Å². The lowest BCUT2D eigenvalue weighted by Gasteiger charge is -2.18. The SMILES string of the molecule is CCOC(=O)C(NC(=O)c1nn(-c2ccccc2OC)c(=O)cc1O)c1ccccc1. The number of nitrogens with zero attached hydrogens (tertiary/aromatic N) is 2. The van der Waals surface area contributed by atoms with Gasteiger partial charge in [0.15, 0.2) is 17.5 Å². The van der Waals surface area contributed by atoms with Gasteiger partial charge >= 0.3 is 5.97 Å². The van der Waals surface area contributed by atoms with Crippen molar-refractivity contribution < 1.29 is 24.2 Å². The number of methoxy groups -OCH3 is 1. The molecule has 0 saturated heterocycles. The quantitative estimate of drug-likeness (QED) is 0.558. The van der Waals surface area contributed by atoms with Crippen molar-refractivity contribution in [3.8, 4) is 17.2 Å². The molecule has 1 atom stereocenters. The third-order valence-corrected chi connectivity index (χ3v) is 4.37. The summed E-state index contributed by atoms with van der Waals surface area (Å²) in [5.74, 6) is -1.80. The van der Waals surface area contributed by atoms with Crippen LogP contribution in [0.25, 0.3) is 5.69 Å². The molecule has 2 aromatic carbocycles. The van der Waals surface area contributed by atoms with Gasteiger partial charge in [-0.1, -0.05) is 42.5 Å². The minimum Gasteiger partial charge on any atom is -0.505 e. The first-order valence-corrected chi connectivity index (χ1v) is 9.45. The highest BCUT2D eigenvalue weighted by atomic mass is 16.5. The Morgan fingerprint density at radius 2 is 1.81 bits per heavy atom. The maximum atomic E-state index is 12.9. The van der Waals surface area contributed by atoms with E-state index in [0.717, 1.165) is 10.7 Å². The van der Waals surface area contributed by atoms with Gasteiger partial charge in [0.25, 0.3) is 11.5 Å². The minimum absolute atomic E-state index is 0.125. The Labute approximate surface area is 177 Å². The van der Waals surface area contributed by atoms with Crippen LogP contribution in [0, 0.1) is 0 Å². The molecule has 0 radical (unpaired) electrons. The summed E-state index contributed by atoms with van der Waals surface area (Å²) in [6.45, 7) is 1.78. The number of esters is 1. The van der Waals surface area contributed by atoms with Crippen LogP contribution in [0.5, 0.6) is 11.5 Å². The number of ether oxygens (including phenoxy) is 2. The summed E-state index contributed by atoms with van der Waals surface area (Å²) in [6.07, 6.45) is 0. The molecule has 9 nitrogen and oxygen atoms in total. The van der Waals surface area contributed by atoms with Crippen molar-refractivity contribution in [1.29, 1.82) is 0 Å². The fourth-order valence-electron chi connectivity index (χ4n) is 2.93. The Balaban J connectivity index is 2.00. The van der Waals surface area contributed by atoms with Crippen molar-refractivity contribution in [2.24, 2.45) is 0 Å². The van der Waals surface area contributed by atoms with Crippen LogP contribution in [0.15, 0.2) is 65.5 Å². The number of para-hydroxylation sites is 2. The van der Waals surface area contributed by atoms with E-state index in [1.165, 1.54) is 7.11 Å². The second-order valence-corrected chi connectivity index (χ2v) is 6.37. The molecule has 1 aromatic heterocycles. The normalized spacial score (nSPS) is 11.4. The van der Waals surface area contributed by atoms with Gasteiger partial charge < -0.3 is 19.9 Å². The third kappa shape index (κ3) is 4.72. The van der Waals surface area contributed by atoms with Gasteiger partial charge in [-0.3, -0.25) is 9.59 Å². The molecule has 0 bridgehead atoms. The van der Waals surface area contributed by atoms with Crippen LogP contribution < -0.4 is 15.6 Å². The van der Waals surface area contributed by atoms with Crippen LogP contribution in [0.1, 0.15) is 29.0 Å². The average Bonchev–Trinajstić information content (AvgIpc) is 2.78. The molecule has 1 heterocycles. The van der Waals surface area contributed by atoms with Gasteiger partial charge in [0.2, 0.25) is 0 Å². The number of benzene rings is 2. The Bertz CT molecular complexity index is 1140. The molecule has 0 aliphatic rings. The van der Waals surface area contributed by atoms with E-state index in [2.05, 4.69) is 10.4 Å². The Kier molecular flexibility index (Phi) is 6.66. The molecule has 0 aliphatic heterocycles. The van der Waals surface area contributed by atoms with Crippen LogP contribution in [-0.2, 0) is 9.53 Å². The molecule has 3 rings (SSSR count). The van der Waals surface area contributed by atoms with Crippen LogP contribution >= 0.6 is 0 Å². The summed E-state index contributed by atoms with van der Waals surface area (Å²) in [5, 5.41) is 16.7. The molecule has 0 aliphatic carbocycles. The van der Waals surface area contributed by atoms with Gasteiger partial charge in [-0.25, -0.2) is 4.79 Å². The van der Waals surface area contributed by atoms with Gasteiger partial charge in [-0.2, -0.15) is 9.78 Å². The number of aromatic nitrogens is 2. The third-order valence-electron chi connectivity index (χ3n) is 4.37. The largest absolute Gasteiger partial charge is 0.505 e. The summed E-state index contributed by atoms with van der Waals surface area (Å²) < 4.78 is 11.2. The fourth-order valence-corrected chi connectivity index (χ4v) is 2.93. The molecular weight excluding hydrogens is 402 g/mol. The predicted molar refractivity (Wildman–Crippen MR) is 111 cm³/mol. The van der Waals surface area contributed by atoms with Crippen molar-refractivity contribution in [3.63, 3.8) is 0 Å². The molecule has 0 saturated carbocycles. The highest BCUT2D eigenvalue weighted by Gasteiger charge is 2.27. The number of rotatable bonds is 7. The smallest absolute Gasteiger partial charge is 0.333 e. The summed E-state index contributed by atoms with van der Waals surface area (Å²) in [5.41, 5.74) is -0.319. The first-order chi connectivity index (χ1) is 15.0. The van der Waals surface area contributed by atoms with Crippen molar-refractivity contribution in [2.75, 3.05) is 13.7 Å². The summed E-state index contributed by atoms with van der Waals surface area (Å²) in [4.78, 5) is 37.7. The van der Waals surface area contributed by atoms with Crippen LogP contribution in [0.2, 0.25) is 0 Å². The number of nitrogens with one attached hydrogen (secondary N) is 1. The standard InChI is InChI=1S/C22H21N3O6/c1-3-31-22(29)19(14-9-5-4-6-10-14)23-21(28)20-16(26)13-18(27)25(24-20)15-11-7-8-12-17(15)30-2/h4-13,19,26H,3H2,1-2H3,(H,23,28). The van der Waals surface area contributed by atoms with E-state index in [1.807, 2.05) is 0 Å². The van der Waals surface area contributed by atoms with E-state index in [-0.39, 0.29) is 12.3 Å². The summed E-state index contributed by atoms with van der Waals surface area (Å²) in [7, 11) is 1.43. The predicted octanol–water partition coefficient (Wildman–Crippen LogP) is 1.98. The minimum atomic E-state index is -1.12. The number of aromatic hydroxyl groups is 1. The fraction of sp³-hybridized carbons (Fsp3) is 0.182. The number of carbonyl (C=O) groups excluding carboxylic acids is 2. The summed E-state index contributed by atoms with van der Waals surface area (Å²) >= 11 is 0. The number of amides is 1. The van der Waals surface area contributed by atoms with Crippen molar-refractivity contribution in [1.82, 2.24) is 15.1 Å². The molecule has 1 unspecified atom stereocenters. The van der Waals surface area contributed by atoms with E-state index >= 15 is 0 Å². The summed E-state index contributed by atoms with van der Waals surface area (Å²) in [6, 6.07) is 14.9. The zero-order chi connectivity index (χ0) is 22.4. The van der Waals surface area contributed by atoms with E-state index in [0.29, 0.717) is 11.3 Å². The first kappa shape index (κ1) is 21.6. The molecular formula is C22H21N3O6. The topological polar surface area (TPSA) is 120 Å². The zero-order valence-corrected chi connectivity index (χ0v) is 16.9. The van der Waals surface area contributed by atoms with Crippen molar-refractivity contribution >= 4 is 11.9 Å². The van der Waals surface area contributed by atoms with Crippen LogP contribution in [0.4, 0.5) is 0 Å². The van der Waals surface area contributed by atoms with E-state index in [4.69, 9.17) is 9.47 Å². The number of hydrogen-bond acceptors (Lipinski definition) is 7. The number of hydrogen-bond donors (Lipinski definition) is 2. The molecule has 3 aromatic rings. The van der Waals surface area contributed by atoms with Crippen molar-refractivity contribution in [3.05, 3.63) is 82.3 Å². The van der Waals surface area contributed by atoms with Gasteiger partial charge in [-0.05, 0) is 24.6 Å². The van der Waals surface area contributed by atoms with Gasteiger partial charge in [0, 0.05) is 6.07 Å². The second kappa shape index (κ2) is 9.57. The Morgan fingerprint density at radius 3 is 2.48 bits per heavy atom. The van der Waals surface area contributed by atoms with Gasteiger partial charge in [-0.15, -0.1) is 0 Å². The number of carbonyl (C=O) groups is 2. The van der Waals surface area contributed by atoms with Gasteiger partial charge in [0.05, 0.1) is 13.7 Å². The molecule has 9 heteroatoms. The zero-order valence-electron chi connectivity index (χ0n) is 16.9. The Hall–Kier alpha value is -4.14. The maximum Gasteiger partial charge on any atom is 0.333 e. The lowest BCUT2D eigenvalue weighted by molar-refractivity contribution is -0.145. The molecule has 1 amide bonds.